The van der Waals surface area contributed by atoms with Crippen molar-refractivity contribution in [1.29, 1.82) is 0 Å². The highest BCUT2D eigenvalue weighted by atomic mass is 15.3. The molecule has 1 aromatic heterocycles. The maximum absolute atomic E-state index is 4.58. The van der Waals surface area contributed by atoms with Gasteiger partial charge in [0.15, 0.2) is 0 Å². The van der Waals surface area contributed by atoms with E-state index in [2.05, 4.69) is 69.3 Å². The highest BCUT2D eigenvalue weighted by molar-refractivity contribution is 5.29. The van der Waals surface area contributed by atoms with Crippen molar-refractivity contribution in [3.63, 3.8) is 0 Å². The minimum Gasteiger partial charge on any atom is -0.353 e. The molecule has 1 saturated heterocycles. The van der Waals surface area contributed by atoms with Crippen LogP contribution in [0.1, 0.15) is 23.7 Å². The van der Waals surface area contributed by atoms with Crippen LogP contribution in [-0.4, -0.2) is 59.0 Å². The summed E-state index contributed by atoms with van der Waals surface area (Å²) in [6, 6.07) is 10.7. The molecule has 2 aromatic rings. The van der Waals surface area contributed by atoms with Crippen LogP contribution in [0.5, 0.6) is 0 Å². The molecule has 0 atom stereocenters. The fourth-order valence-electron chi connectivity index (χ4n) is 3.26. The summed E-state index contributed by atoms with van der Waals surface area (Å²) in [7, 11) is 0. The number of hydrogen-bond acceptors (Lipinski definition) is 5. The molecule has 0 bridgehead atoms. The number of nitrogens with one attached hydrogen (secondary N) is 1. The van der Waals surface area contributed by atoms with Crippen molar-refractivity contribution < 1.29 is 0 Å². The molecule has 5 heteroatoms. The van der Waals surface area contributed by atoms with Crippen LogP contribution < -0.4 is 5.32 Å². The lowest BCUT2D eigenvalue weighted by Crippen LogP contribution is -2.47. The van der Waals surface area contributed by atoms with Crippen molar-refractivity contribution in [3.8, 4) is 0 Å². The third-order valence-electron chi connectivity index (χ3n) is 4.84. The van der Waals surface area contributed by atoms with Crippen LogP contribution in [0.3, 0.4) is 0 Å². The predicted octanol–water partition coefficient (Wildman–Crippen LogP) is 2.58. The molecule has 0 radical (unpaired) electrons. The van der Waals surface area contributed by atoms with Gasteiger partial charge in [0, 0.05) is 57.7 Å². The van der Waals surface area contributed by atoms with Gasteiger partial charge in [0.2, 0.25) is 5.95 Å². The van der Waals surface area contributed by atoms with Gasteiger partial charge in [-0.1, -0.05) is 37.3 Å². The molecule has 1 fully saturated rings. The minimum absolute atomic E-state index is 0.755. The molecule has 0 spiro atoms. The maximum Gasteiger partial charge on any atom is 0.222 e. The zero-order valence-corrected chi connectivity index (χ0v) is 15.4. The topological polar surface area (TPSA) is 44.3 Å². The van der Waals surface area contributed by atoms with Crippen LogP contribution in [0.15, 0.2) is 36.5 Å². The van der Waals surface area contributed by atoms with E-state index in [-0.39, 0.29) is 0 Å². The van der Waals surface area contributed by atoms with Crippen LogP contribution in [0.2, 0.25) is 0 Å². The van der Waals surface area contributed by atoms with Crippen LogP contribution >= 0.6 is 0 Å². The molecule has 1 N–H and O–H groups in total. The molecule has 134 valence electrons. The first-order valence-corrected chi connectivity index (χ1v) is 9.29. The first kappa shape index (κ1) is 17.8. The van der Waals surface area contributed by atoms with E-state index in [1.165, 1.54) is 11.1 Å². The van der Waals surface area contributed by atoms with Gasteiger partial charge < -0.3 is 5.32 Å². The first-order chi connectivity index (χ1) is 12.2. The van der Waals surface area contributed by atoms with Gasteiger partial charge in [0.25, 0.3) is 0 Å². The number of aromatic nitrogens is 2. The molecule has 1 aliphatic heterocycles. The van der Waals surface area contributed by atoms with E-state index in [1.807, 2.05) is 6.20 Å². The van der Waals surface area contributed by atoms with Crippen molar-refractivity contribution in [2.24, 2.45) is 0 Å². The van der Waals surface area contributed by atoms with Crippen LogP contribution in [0.25, 0.3) is 0 Å². The number of rotatable bonds is 7. The molecule has 5 nitrogen and oxygen atoms in total. The molecular weight excluding hydrogens is 310 g/mol. The molecule has 1 aromatic carbocycles. The van der Waals surface area contributed by atoms with E-state index in [0.29, 0.717) is 0 Å². The lowest BCUT2D eigenvalue weighted by Gasteiger charge is -2.34. The van der Waals surface area contributed by atoms with Gasteiger partial charge in [0.05, 0.1) is 0 Å². The van der Waals surface area contributed by atoms with Gasteiger partial charge in [-0.25, -0.2) is 9.97 Å². The third-order valence-corrected chi connectivity index (χ3v) is 4.84. The largest absolute Gasteiger partial charge is 0.353 e. The highest BCUT2D eigenvalue weighted by Gasteiger charge is 2.16. The molecule has 0 aliphatic carbocycles. The average molecular weight is 339 g/mol. The van der Waals surface area contributed by atoms with Crippen molar-refractivity contribution in [2.75, 3.05) is 44.6 Å². The van der Waals surface area contributed by atoms with E-state index in [9.17, 15) is 0 Å². The predicted molar refractivity (Wildman–Crippen MR) is 103 cm³/mol. The van der Waals surface area contributed by atoms with Gasteiger partial charge in [0.1, 0.15) is 0 Å². The standard InChI is InChI=1S/C20H29N5/c1-3-19-17(2)15-22-20(23-19)21-9-10-24-11-13-25(14-12-24)16-18-7-5-4-6-8-18/h4-8,15H,3,9-14,16H2,1-2H3,(H,21,22,23). The molecule has 0 amide bonds. The van der Waals surface area contributed by atoms with Crippen molar-refractivity contribution in [3.05, 3.63) is 53.3 Å². The van der Waals surface area contributed by atoms with Crippen LogP contribution in [-0.2, 0) is 13.0 Å². The van der Waals surface area contributed by atoms with E-state index >= 15 is 0 Å². The lowest BCUT2D eigenvalue weighted by molar-refractivity contribution is 0.130. The summed E-state index contributed by atoms with van der Waals surface area (Å²) in [6.45, 7) is 11.7. The lowest BCUT2D eigenvalue weighted by atomic mass is 10.2. The van der Waals surface area contributed by atoms with Crippen molar-refractivity contribution in [2.45, 2.75) is 26.8 Å². The Hall–Kier alpha value is -1.98. The molecule has 3 rings (SSSR count). The summed E-state index contributed by atoms with van der Waals surface area (Å²) >= 11 is 0. The summed E-state index contributed by atoms with van der Waals surface area (Å²) in [4.78, 5) is 14.0. The number of benzene rings is 1. The zero-order valence-electron chi connectivity index (χ0n) is 15.4. The SMILES string of the molecule is CCc1nc(NCCN2CCN(Cc3ccccc3)CC2)ncc1C. The third kappa shape index (κ3) is 5.25. The number of nitrogens with zero attached hydrogens (tertiary/aromatic N) is 4. The monoisotopic (exact) mass is 339 g/mol. The van der Waals surface area contributed by atoms with E-state index < -0.39 is 0 Å². The van der Waals surface area contributed by atoms with Gasteiger partial charge in [-0.15, -0.1) is 0 Å². The van der Waals surface area contributed by atoms with Crippen molar-refractivity contribution in [1.82, 2.24) is 19.8 Å². The Labute approximate surface area is 151 Å². The summed E-state index contributed by atoms with van der Waals surface area (Å²) in [6.07, 6.45) is 2.86. The second-order valence-corrected chi connectivity index (χ2v) is 6.71. The highest BCUT2D eigenvalue weighted by Crippen LogP contribution is 2.09. The smallest absolute Gasteiger partial charge is 0.222 e. The fraction of sp³-hybridized carbons (Fsp3) is 0.500. The second kappa shape index (κ2) is 8.92. The van der Waals surface area contributed by atoms with E-state index in [0.717, 1.165) is 63.9 Å². The van der Waals surface area contributed by atoms with Gasteiger partial charge in [-0.2, -0.15) is 0 Å². The Morgan fingerprint density at radius 2 is 1.76 bits per heavy atom. The Morgan fingerprint density at radius 1 is 1.04 bits per heavy atom. The fourth-order valence-corrected chi connectivity index (χ4v) is 3.26. The Bertz CT molecular complexity index is 650. The van der Waals surface area contributed by atoms with E-state index in [1.54, 1.807) is 0 Å². The summed E-state index contributed by atoms with van der Waals surface area (Å²) in [5.41, 5.74) is 3.70. The van der Waals surface area contributed by atoms with E-state index in [4.69, 9.17) is 0 Å². The van der Waals surface area contributed by atoms with Gasteiger partial charge in [-0.05, 0) is 24.5 Å². The minimum atomic E-state index is 0.755. The Kier molecular flexibility index (Phi) is 6.36. The number of anilines is 1. The number of aryl methyl sites for hydroxylation is 2. The maximum atomic E-state index is 4.58. The Morgan fingerprint density at radius 3 is 2.48 bits per heavy atom. The quantitative estimate of drug-likeness (QED) is 0.840. The molecule has 2 heterocycles. The normalized spacial score (nSPS) is 16.1. The molecule has 0 saturated carbocycles. The molecule has 25 heavy (non-hydrogen) atoms. The van der Waals surface area contributed by atoms with Crippen molar-refractivity contribution >= 4 is 5.95 Å². The molecule has 0 unspecified atom stereocenters. The van der Waals surface area contributed by atoms with Gasteiger partial charge in [-0.3, -0.25) is 9.80 Å². The van der Waals surface area contributed by atoms with Crippen LogP contribution in [0.4, 0.5) is 5.95 Å². The molecule has 1 aliphatic rings. The van der Waals surface area contributed by atoms with Crippen LogP contribution in [0, 0.1) is 6.92 Å². The zero-order chi connectivity index (χ0) is 17.5. The molecular formula is C20H29N5. The first-order valence-electron chi connectivity index (χ1n) is 9.29. The summed E-state index contributed by atoms with van der Waals surface area (Å²) < 4.78 is 0. The average Bonchev–Trinajstić information content (AvgIpc) is 2.65. The van der Waals surface area contributed by atoms with Gasteiger partial charge >= 0.3 is 0 Å². The Balaban J connectivity index is 1.38. The number of hydrogen-bond donors (Lipinski definition) is 1. The summed E-state index contributed by atoms with van der Waals surface area (Å²) in [5.74, 6) is 0.755. The summed E-state index contributed by atoms with van der Waals surface area (Å²) in [5, 5.41) is 3.37. The second-order valence-electron chi connectivity index (χ2n) is 6.71. The number of piperazine rings is 1.